The molecule has 0 saturated carbocycles. The van der Waals surface area contributed by atoms with E-state index >= 15 is 0 Å². The first-order chi connectivity index (χ1) is 24.6. The lowest BCUT2D eigenvalue weighted by Gasteiger charge is -2.09. The molecule has 3 nitrogen and oxygen atoms in total. The van der Waals surface area contributed by atoms with Gasteiger partial charge >= 0.3 is 0 Å². The number of nitrogens with zero attached hydrogens (tertiary/aromatic N) is 2. The van der Waals surface area contributed by atoms with E-state index in [2.05, 4.69) is 162 Å². The van der Waals surface area contributed by atoms with Crippen LogP contribution in [0.25, 0.3) is 79.1 Å². The molecule has 50 heavy (non-hydrogen) atoms. The quantitative estimate of drug-likeness (QED) is 0.179. The second-order valence-electron chi connectivity index (χ2n) is 12.2. The van der Waals surface area contributed by atoms with Gasteiger partial charge in [-0.3, -0.25) is 0 Å². The summed E-state index contributed by atoms with van der Waals surface area (Å²) in [4.78, 5) is 0. The standard InChI is InChI=1S/C45H35N3.C2H6/c1-3-4-14-40-31(2)15-22-41-42-28-35(19-24-44(42)48(45(40)41)30-38-13-9-8-12-37(38)29-46)34-18-23-43-36(27-34)25-26-47(43)39-20-16-33(17-21-39)32-10-6-5-7-11-32;1-2/h3-30H,1,46H2,2H3;1-2H3/b14-4-,37-29-,38-30-;. The van der Waals surface area contributed by atoms with E-state index in [-0.39, 0.29) is 0 Å². The highest BCUT2D eigenvalue weighted by Gasteiger charge is 2.15. The van der Waals surface area contributed by atoms with E-state index in [9.17, 15) is 0 Å². The summed E-state index contributed by atoms with van der Waals surface area (Å²) in [5, 5.41) is 5.67. The molecule has 244 valence electrons. The van der Waals surface area contributed by atoms with Crippen LogP contribution in [0.3, 0.4) is 0 Å². The molecular formula is C47H41N3. The molecule has 0 unspecified atom stereocenters. The van der Waals surface area contributed by atoms with Crippen LogP contribution in [0.5, 0.6) is 0 Å². The fourth-order valence-corrected chi connectivity index (χ4v) is 6.87. The maximum Gasteiger partial charge on any atom is 0.0610 e. The molecule has 0 spiro atoms. The Morgan fingerprint density at radius 2 is 1.28 bits per heavy atom. The number of fused-ring (bicyclic) bond motifs is 4. The molecule has 0 aliphatic carbocycles. The Labute approximate surface area is 293 Å². The van der Waals surface area contributed by atoms with Crippen LogP contribution in [0.15, 0.2) is 158 Å². The Hall–Kier alpha value is -6.32. The van der Waals surface area contributed by atoms with Crippen LogP contribution in [0.4, 0.5) is 0 Å². The van der Waals surface area contributed by atoms with Crippen molar-refractivity contribution in [2.75, 3.05) is 0 Å². The van der Waals surface area contributed by atoms with Crippen molar-refractivity contribution in [1.29, 1.82) is 0 Å². The minimum atomic E-state index is 0.993. The largest absolute Gasteiger partial charge is 0.404 e. The minimum Gasteiger partial charge on any atom is -0.404 e. The van der Waals surface area contributed by atoms with Crippen LogP contribution in [0.2, 0.25) is 0 Å². The SMILES string of the molecule is C=C/C=C\c1c(C)ccc2c3cc(-c4ccc5c(ccn5-c5ccc(-c6ccccc6)cc5)c4)ccc3n(/C=c3/cccc/c3=C/N)c12.CC. The number of hydrogen-bond donors (Lipinski definition) is 1. The van der Waals surface area contributed by atoms with Crippen molar-refractivity contribution in [1.82, 2.24) is 9.13 Å². The molecule has 6 aromatic carbocycles. The van der Waals surface area contributed by atoms with Gasteiger partial charge in [-0.2, -0.15) is 0 Å². The highest BCUT2D eigenvalue weighted by molar-refractivity contribution is 6.13. The summed E-state index contributed by atoms with van der Waals surface area (Å²) in [6.07, 6.45) is 12.0. The molecule has 8 rings (SSSR count). The van der Waals surface area contributed by atoms with E-state index in [4.69, 9.17) is 5.73 Å². The lowest BCUT2D eigenvalue weighted by atomic mass is 10.00. The Morgan fingerprint density at radius 3 is 2.02 bits per heavy atom. The fraction of sp³-hybridized carbons (Fsp3) is 0.0638. The normalized spacial score (nSPS) is 12.2. The van der Waals surface area contributed by atoms with Gasteiger partial charge < -0.3 is 14.9 Å². The highest BCUT2D eigenvalue weighted by atomic mass is 15.0. The lowest BCUT2D eigenvalue weighted by molar-refractivity contribution is 1.13. The summed E-state index contributed by atoms with van der Waals surface area (Å²) in [6, 6.07) is 47.8. The minimum absolute atomic E-state index is 0.993. The van der Waals surface area contributed by atoms with Gasteiger partial charge in [0, 0.05) is 46.0 Å². The molecule has 2 N–H and O–H groups in total. The number of allylic oxidation sites excluding steroid dienone is 2. The topological polar surface area (TPSA) is 35.9 Å². The van der Waals surface area contributed by atoms with Gasteiger partial charge in [-0.25, -0.2) is 0 Å². The number of aromatic nitrogens is 2. The molecule has 3 heteroatoms. The monoisotopic (exact) mass is 647 g/mol. The van der Waals surface area contributed by atoms with E-state index in [1.165, 1.54) is 55.1 Å². The van der Waals surface area contributed by atoms with Crippen molar-refractivity contribution in [3.05, 3.63) is 180 Å². The maximum absolute atomic E-state index is 6.03. The van der Waals surface area contributed by atoms with E-state index in [0.717, 1.165) is 27.2 Å². The third kappa shape index (κ3) is 5.84. The Bertz CT molecular complexity index is 2630. The Kier molecular flexibility index (Phi) is 9.05. The van der Waals surface area contributed by atoms with Gasteiger partial charge in [-0.15, -0.1) is 0 Å². The average Bonchev–Trinajstić information content (AvgIpc) is 3.74. The smallest absolute Gasteiger partial charge is 0.0610 e. The second kappa shape index (κ2) is 14.0. The van der Waals surface area contributed by atoms with E-state index < -0.39 is 0 Å². The Morgan fingerprint density at radius 1 is 0.620 bits per heavy atom. The number of aryl methyl sites for hydroxylation is 1. The van der Waals surface area contributed by atoms with Crippen molar-refractivity contribution in [3.8, 4) is 27.9 Å². The number of benzene rings is 6. The summed E-state index contributed by atoms with van der Waals surface area (Å²) in [5.41, 5.74) is 17.9. The van der Waals surface area contributed by atoms with Crippen LogP contribution < -0.4 is 16.2 Å². The third-order valence-corrected chi connectivity index (χ3v) is 9.34. The van der Waals surface area contributed by atoms with Crippen LogP contribution in [-0.4, -0.2) is 9.13 Å². The van der Waals surface area contributed by atoms with Gasteiger partial charge in [0.15, 0.2) is 0 Å². The van der Waals surface area contributed by atoms with Gasteiger partial charge in [0.25, 0.3) is 0 Å². The molecule has 0 aliphatic rings. The fourth-order valence-electron chi connectivity index (χ4n) is 6.87. The third-order valence-electron chi connectivity index (χ3n) is 9.34. The zero-order valence-corrected chi connectivity index (χ0v) is 28.8. The molecule has 0 atom stereocenters. The molecule has 0 fully saturated rings. The van der Waals surface area contributed by atoms with Crippen LogP contribution in [0, 0.1) is 6.92 Å². The molecule has 0 aliphatic heterocycles. The first-order valence-electron chi connectivity index (χ1n) is 17.3. The second-order valence-corrected chi connectivity index (χ2v) is 12.2. The van der Waals surface area contributed by atoms with Crippen molar-refractivity contribution in [2.24, 2.45) is 5.73 Å². The number of hydrogen-bond acceptors (Lipinski definition) is 1. The average molecular weight is 648 g/mol. The van der Waals surface area contributed by atoms with Crippen molar-refractivity contribution in [2.45, 2.75) is 20.8 Å². The summed E-state index contributed by atoms with van der Waals surface area (Å²) < 4.78 is 4.58. The van der Waals surface area contributed by atoms with E-state index in [1.54, 1.807) is 6.20 Å². The van der Waals surface area contributed by atoms with E-state index in [1.807, 2.05) is 38.1 Å². The summed E-state index contributed by atoms with van der Waals surface area (Å²) >= 11 is 0. The first kappa shape index (κ1) is 32.2. The molecule has 8 aromatic rings. The lowest BCUT2D eigenvalue weighted by Crippen LogP contribution is -2.26. The maximum atomic E-state index is 6.03. The summed E-state index contributed by atoms with van der Waals surface area (Å²) in [6.45, 7) is 10.1. The van der Waals surface area contributed by atoms with Crippen molar-refractivity contribution >= 4 is 51.2 Å². The molecule has 0 bridgehead atoms. The molecule has 0 amide bonds. The van der Waals surface area contributed by atoms with E-state index in [0.29, 0.717) is 0 Å². The van der Waals surface area contributed by atoms with Gasteiger partial charge in [0.1, 0.15) is 0 Å². The van der Waals surface area contributed by atoms with Crippen molar-refractivity contribution < 1.29 is 0 Å². The molecule has 0 saturated heterocycles. The molecular weight excluding hydrogens is 607 g/mol. The van der Waals surface area contributed by atoms with Crippen LogP contribution in [0.1, 0.15) is 25.0 Å². The molecule has 2 aromatic heterocycles. The number of nitrogens with two attached hydrogens (primary N) is 1. The molecule has 2 heterocycles. The van der Waals surface area contributed by atoms with Crippen LogP contribution in [-0.2, 0) is 0 Å². The van der Waals surface area contributed by atoms with Crippen LogP contribution >= 0.6 is 0 Å². The predicted molar refractivity (Wildman–Crippen MR) is 217 cm³/mol. The summed E-state index contributed by atoms with van der Waals surface area (Å²) in [7, 11) is 0. The van der Waals surface area contributed by atoms with Gasteiger partial charge in [0.05, 0.1) is 16.6 Å². The van der Waals surface area contributed by atoms with Gasteiger partial charge in [-0.1, -0.05) is 130 Å². The molecule has 0 radical (unpaired) electrons. The Balaban J connectivity index is 0.00000193. The zero-order valence-electron chi connectivity index (χ0n) is 28.8. The predicted octanol–water partition coefficient (Wildman–Crippen LogP) is 10.6. The number of rotatable bonds is 6. The highest BCUT2D eigenvalue weighted by Crippen LogP contribution is 2.37. The summed E-state index contributed by atoms with van der Waals surface area (Å²) in [5.74, 6) is 0. The van der Waals surface area contributed by atoms with Gasteiger partial charge in [0.2, 0.25) is 0 Å². The van der Waals surface area contributed by atoms with Crippen molar-refractivity contribution in [3.63, 3.8) is 0 Å². The first-order valence-corrected chi connectivity index (χ1v) is 17.3. The zero-order chi connectivity index (χ0) is 34.6. The van der Waals surface area contributed by atoms with Gasteiger partial charge in [-0.05, 0) is 87.6 Å².